The molecule has 0 radical (unpaired) electrons. The molecule has 1 aliphatic carbocycles. The van der Waals surface area contributed by atoms with E-state index in [0.717, 1.165) is 12.2 Å². The molecule has 96 valence electrons. The lowest BCUT2D eigenvalue weighted by Gasteiger charge is -2.23. The Labute approximate surface area is 121 Å². The van der Waals surface area contributed by atoms with Crippen LogP contribution in [0.15, 0.2) is 20.0 Å². The molecule has 0 spiro atoms. The van der Waals surface area contributed by atoms with Crippen LogP contribution in [0.25, 0.3) is 0 Å². The summed E-state index contributed by atoms with van der Waals surface area (Å²) in [5.74, 6) is 0. The van der Waals surface area contributed by atoms with E-state index in [9.17, 15) is 4.79 Å². The second-order valence-corrected chi connectivity index (χ2v) is 7.79. The predicted molar refractivity (Wildman–Crippen MR) is 79.5 cm³/mol. The van der Waals surface area contributed by atoms with Crippen molar-refractivity contribution in [3.05, 3.63) is 41.0 Å². The molecule has 2 N–H and O–H groups in total. The van der Waals surface area contributed by atoms with Crippen molar-refractivity contribution in [1.29, 1.82) is 0 Å². The minimum absolute atomic E-state index is 0.0226. The molecule has 0 amide bonds. The molecule has 0 aliphatic heterocycles. The van der Waals surface area contributed by atoms with E-state index >= 15 is 0 Å². The van der Waals surface area contributed by atoms with Crippen LogP contribution in [0, 0.1) is 0 Å². The van der Waals surface area contributed by atoms with Crippen LogP contribution in [0.5, 0.6) is 0 Å². The van der Waals surface area contributed by atoms with Gasteiger partial charge in [0.05, 0.1) is 3.79 Å². The number of aromatic nitrogens is 1. The Morgan fingerprint density at radius 2 is 2.44 bits per heavy atom. The molecule has 1 aliphatic rings. The zero-order valence-electron chi connectivity index (χ0n) is 9.66. The predicted octanol–water partition coefficient (Wildman–Crippen LogP) is 3.43. The molecule has 0 fully saturated rings. The van der Waals surface area contributed by atoms with Crippen molar-refractivity contribution < 1.29 is 0 Å². The summed E-state index contributed by atoms with van der Waals surface area (Å²) in [7, 11) is 0. The van der Waals surface area contributed by atoms with Gasteiger partial charge in [0.2, 0.25) is 0 Å². The molecule has 0 aromatic carbocycles. The van der Waals surface area contributed by atoms with Crippen LogP contribution in [0.3, 0.4) is 0 Å². The lowest BCUT2D eigenvalue weighted by atomic mass is 9.94. The molecule has 3 rings (SSSR count). The van der Waals surface area contributed by atoms with E-state index in [1.807, 2.05) is 16.7 Å². The van der Waals surface area contributed by atoms with Crippen LogP contribution in [-0.2, 0) is 13.0 Å². The molecule has 0 bridgehead atoms. The van der Waals surface area contributed by atoms with Crippen molar-refractivity contribution in [3.8, 4) is 0 Å². The van der Waals surface area contributed by atoms with Gasteiger partial charge in [0.15, 0.2) is 0 Å². The Morgan fingerprint density at radius 1 is 1.56 bits per heavy atom. The normalized spacial score (nSPS) is 18.8. The molecule has 1 unspecified atom stereocenters. The SMILES string of the molecule is O=c1[nH]c(CNC2CCCc3sc(Br)cc32)cs1. The summed E-state index contributed by atoms with van der Waals surface area (Å²) in [5.41, 5.74) is 2.40. The summed E-state index contributed by atoms with van der Waals surface area (Å²) in [5, 5.41) is 5.43. The molecule has 2 aromatic rings. The van der Waals surface area contributed by atoms with Gasteiger partial charge < -0.3 is 10.3 Å². The third kappa shape index (κ3) is 2.61. The van der Waals surface area contributed by atoms with Crippen LogP contribution in [0.2, 0.25) is 0 Å². The summed E-state index contributed by atoms with van der Waals surface area (Å²) >= 11 is 6.63. The molecule has 2 heterocycles. The zero-order valence-corrected chi connectivity index (χ0v) is 12.9. The smallest absolute Gasteiger partial charge is 0.304 e. The van der Waals surface area contributed by atoms with Gasteiger partial charge in [0, 0.05) is 28.5 Å². The number of hydrogen-bond acceptors (Lipinski definition) is 4. The van der Waals surface area contributed by atoms with Gasteiger partial charge in [-0.1, -0.05) is 11.3 Å². The monoisotopic (exact) mass is 344 g/mol. The third-order valence-electron chi connectivity index (χ3n) is 3.19. The Hall–Kier alpha value is -0.430. The third-order valence-corrected chi connectivity index (χ3v) is 5.63. The molecule has 18 heavy (non-hydrogen) atoms. The molecular weight excluding hydrogens is 332 g/mol. The van der Waals surface area contributed by atoms with Gasteiger partial charge in [-0.15, -0.1) is 11.3 Å². The van der Waals surface area contributed by atoms with E-state index in [-0.39, 0.29) is 4.87 Å². The highest BCUT2D eigenvalue weighted by molar-refractivity contribution is 9.11. The summed E-state index contributed by atoms with van der Waals surface area (Å²) < 4.78 is 1.21. The van der Waals surface area contributed by atoms with Crippen LogP contribution in [-0.4, -0.2) is 4.98 Å². The first-order valence-corrected chi connectivity index (χ1v) is 8.39. The quantitative estimate of drug-likeness (QED) is 0.895. The summed E-state index contributed by atoms with van der Waals surface area (Å²) in [6.45, 7) is 0.732. The van der Waals surface area contributed by atoms with Gasteiger partial charge >= 0.3 is 4.87 Å². The number of rotatable bonds is 3. The van der Waals surface area contributed by atoms with E-state index < -0.39 is 0 Å². The fraction of sp³-hybridized carbons (Fsp3) is 0.417. The first-order chi connectivity index (χ1) is 8.72. The second kappa shape index (κ2) is 5.28. The Bertz CT molecular complexity index is 601. The van der Waals surface area contributed by atoms with Crippen molar-refractivity contribution in [2.45, 2.75) is 31.8 Å². The number of nitrogens with one attached hydrogen (secondary N) is 2. The maximum Gasteiger partial charge on any atom is 0.304 e. The van der Waals surface area contributed by atoms with Crippen molar-refractivity contribution >= 4 is 38.6 Å². The van der Waals surface area contributed by atoms with Gasteiger partial charge in [-0.25, -0.2) is 0 Å². The molecule has 2 aromatic heterocycles. The maximum atomic E-state index is 11.1. The number of aryl methyl sites for hydroxylation is 1. The highest BCUT2D eigenvalue weighted by Crippen LogP contribution is 2.37. The van der Waals surface area contributed by atoms with Gasteiger partial charge in [-0.2, -0.15) is 0 Å². The highest BCUT2D eigenvalue weighted by Gasteiger charge is 2.22. The minimum Gasteiger partial charge on any atom is -0.315 e. The van der Waals surface area contributed by atoms with Gasteiger partial charge in [0.25, 0.3) is 0 Å². The number of aromatic amines is 1. The topological polar surface area (TPSA) is 44.9 Å². The number of halogens is 1. The first-order valence-electron chi connectivity index (χ1n) is 5.90. The minimum atomic E-state index is 0.0226. The van der Waals surface area contributed by atoms with E-state index in [2.05, 4.69) is 32.3 Å². The number of hydrogen-bond donors (Lipinski definition) is 2. The number of thiazole rings is 1. The van der Waals surface area contributed by atoms with E-state index in [4.69, 9.17) is 0 Å². The molecule has 0 saturated heterocycles. The van der Waals surface area contributed by atoms with Crippen LogP contribution in [0.4, 0.5) is 0 Å². The van der Waals surface area contributed by atoms with Crippen LogP contribution < -0.4 is 10.2 Å². The first kappa shape index (κ1) is 12.6. The maximum absolute atomic E-state index is 11.1. The number of fused-ring (bicyclic) bond motifs is 1. The van der Waals surface area contributed by atoms with Crippen molar-refractivity contribution in [2.24, 2.45) is 0 Å². The van der Waals surface area contributed by atoms with Gasteiger partial charge in [0.1, 0.15) is 0 Å². The summed E-state index contributed by atoms with van der Waals surface area (Å²) in [6, 6.07) is 2.65. The number of H-pyrrole nitrogens is 1. The van der Waals surface area contributed by atoms with E-state index in [0.29, 0.717) is 6.04 Å². The molecular formula is C12H13BrN2OS2. The van der Waals surface area contributed by atoms with Crippen LogP contribution in [0.1, 0.15) is 35.0 Å². The van der Waals surface area contributed by atoms with Crippen molar-refractivity contribution in [2.75, 3.05) is 0 Å². The Kier molecular flexibility index (Phi) is 3.70. The van der Waals surface area contributed by atoms with Gasteiger partial charge in [-0.3, -0.25) is 4.79 Å². The molecule has 3 nitrogen and oxygen atoms in total. The average molecular weight is 345 g/mol. The second-order valence-electron chi connectivity index (χ2n) is 4.43. The lowest BCUT2D eigenvalue weighted by Crippen LogP contribution is -2.24. The highest BCUT2D eigenvalue weighted by atomic mass is 79.9. The van der Waals surface area contributed by atoms with Crippen molar-refractivity contribution in [1.82, 2.24) is 10.3 Å². The van der Waals surface area contributed by atoms with Crippen LogP contribution >= 0.6 is 38.6 Å². The fourth-order valence-electron chi connectivity index (χ4n) is 2.37. The summed E-state index contributed by atoms with van der Waals surface area (Å²) in [6.07, 6.45) is 3.60. The fourth-order valence-corrected chi connectivity index (χ4v) is 4.77. The van der Waals surface area contributed by atoms with Gasteiger partial charge in [-0.05, 0) is 46.8 Å². The van der Waals surface area contributed by atoms with Crippen molar-refractivity contribution in [3.63, 3.8) is 0 Å². The average Bonchev–Trinajstić information content (AvgIpc) is 2.91. The Morgan fingerprint density at radius 3 is 3.22 bits per heavy atom. The molecule has 1 atom stereocenters. The van der Waals surface area contributed by atoms with E-state index in [1.54, 1.807) is 0 Å². The Balaban J connectivity index is 1.72. The standard InChI is InChI=1S/C12H13BrN2OS2/c13-11-4-8-9(2-1-3-10(8)18-11)14-5-7-6-17-12(16)15-7/h4,6,9,14H,1-3,5H2,(H,15,16). The van der Waals surface area contributed by atoms with E-state index in [1.165, 1.54) is 44.8 Å². The largest absolute Gasteiger partial charge is 0.315 e. The lowest BCUT2D eigenvalue weighted by molar-refractivity contribution is 0.460. The summed E-state index contributed by atoms with van der Waals surface area (Å²) in [4.78, 5) is 15.4. The zero-order chi connectivity index (χ0) is 12.5. The molecule has 6 heteroatoms. The molecule has 0 saturated carbocycles. The number of thiophene rings is 1.